The van der Waals surface area contributed by atoms with Crippen LogP contribution in [-0.2, 0) is 20.0 Å². The standard InChI is InChI=1S/C6H10N2.C2HF6NO4S2/c1-3-6(2)7-4-5-8-6;3-1(4,5)14(10,11)9-15(12,13)2(6,7)8/h4-5H,3H2,1-2H3;9H. The predicted octanol–water partition coefficient (Wildman–Crippen LogP) is 1.54. The molecule has 136 valence electrons. The van der Waals surface area contributed by atoms with Crippen LogP contribution in [0.25, 0.3) is 0 Å². The third kappa shape index (κ3) is 6.06. The highest BCUT2D eigenvalue weighted by molar-refractivity contribution is 8.05. The van der Waals surface area contributed by atoms with Gasteiger partial charge in [0.15, 0.2) is 0 Å². The van der Waals surface area contributed by atoms with Crippen molar-refractivity contribution in [1.29, 1.82) is 0 Å². The molecule has 0 fully saturated rings. The van der Waals surface area contributed by atoms with Crippen molar-refractivity contribution in [1.82, 2.24) is 4.13 Å². The fourth-order valence-corrected chi connectivity index (χ4v) is 2.75. The number of hydrogen-bond acceptors (Lipinski definition) is 6. The lowest BCUT2D eigenvalue weighted by Gasteiger charge is -2.12. The van der Waals surface area contributed by atoms with E-state index in [0.29, 0.717) is 0 Å². The number of sulfonamides is 2. The minimum absolute atomic E-state index is 0.125. The average molecular weight is 391 g/mol. The Balaban J connectivity index is 0.000000502. The van der Waals surface area contributed by atoms with Crippen LogP contribution in [0.3, 0.4) is 0 Å². The van der Waals surface area contributed by atoms with E-state index in [1.54, 1.807) is 12.4 Å². The first kappa shape index (κ1) is 21.8. The Morgan fingerprint density at radius 1 is 0.913 bits per heavy atom. The summed E-state index contributed by atoms with van der Waals surface area (Å²) >= 11 is 0. The third-order valence-electron chi connectivity index (χ3n) is 2.27. The van der Waals surface area contributed by atoms with Crippen molar-refractivity contribution in [3.05, 3.63) is 0 Å². The van der Waals surface area contributed by atoms with E-state index < -0.39 is 35.2 Å². The topological polar surface area (TPSA) is 105 Å². The number of rotatable bonds is 3. The molecule has 1 aliphatic rings. The molecule has 0 saturated carbocycles. The van der Waals surface area contributed by atoms with Gasteiger partial charge in [-0.1, -0.05) is 11.1 Å². The second-order valence-electron chi connectivity index (χ2n) is 4.11. The molecule has 15 heteroatoms. The molecule has 1 heterocycles. The first-order valence-electron chi connectivity index (χ1n) is 5.47. The molecule has 0 aromatic heterocycles. The second-order valence-corrected chi connectivity index (χ2v) is 7.71. The summed E-state index contributed by atoms with van der Waals surface area (Å²) in [6.07, 6.45) is 4.49. The van der Waals surface area contributed by atoms with Crippen LogP contribution in [0.2, 0.25) is 0 Å². The quantitative estimate of drug-likeness (QED) is 0.737. The van der Waals surface area contributed by atoms with Gasteiger partial charge in [-0.3, -0.25) is 9.98 Å². The molecule has 0 radical (unpaired) electrons. The Morgan fingerprint density at radius 2 is 1.22 bits per heavy atom. The molecule has 0 bridgehead atoms. The number of halogens is 6. The smallest absolute Gasteiger partial charge is 0.262 e. The van der Waals surface area contributed by atoms with Crippen LogP contribution < -0.4 is 4.13 Å². The summed E-state index contributed by atoms with van der Waals surface area (Å²) in [4.78, 5) is 8.28. The van der Waals surface area contributed by atoms with Crippen molar-refractivity contribution in [3.63, 3.8) is 0 Å². The summed E-state index contributed by atoms with van der Waals surface area (Å²) in [5.41, 5.74) is -12.4. The lowest BCUT2D eigenvalue weighted by molar-refractivity contribution is -0.0476. The molecular weight excluding hydrogens is 380 g/mol. The molecule has 0 aliphatic carbocycles. The van der Waals surface area contributed by atoms with Gasteiger partial charge in [-0.25, -0.2) is 16.8 Å². The van der Waals surface area contributed by atoms with Crippen LogP contribution in [0.15, 0.2) is 9.98 Å². The Morgan fingerprint density at radius 3 is 1.39 bits per heavy atom. The van der Waals surface area contributed by atoms with E-state index in [0.717, 1.165) is 6.42 Å². The molecule has 0 spiro atoms. The molecule has 0 atom stereocenters. The van der Waals surface area contributed by atoms with Gasteiger partial charge in [0.1, 0.15) is 5.66 Å². The van der Waals surface area contributed by atoms with Crippen LogP contribution in [0, 0.1) is 0 Å². The summed E-state index contributed by atoms with van der Waals surface area (Å²) < 4.78 is 108. The molecule has 0 aromatic rings. The van der Waals surface area contributed by atoms with Crippen LogP contribution in [0.1, 0.15) is 20.3 Å². The van der Waals surface area contributed by atoms with Crippen molar-refractivity contribution in [2.75, 3.05) is 0 Å². The molecule has 0 saturated heterocycles. The summed E-state index contributed by atoms with van der Waals surface area (Å²) in [6, 6.07) is 0. The Labute approximate surface area is 127 Å². The number of nitrogens with zero attached hydrogens (tertiary/aromatic N) is 2. The molecule has 0 aromatic carbocycles. The Bertz CT molecular complexity index is 624. The van der Waals surface area contributed by atoms with Gasteiger partial charge in [0.05, 0.1) is 0 Å². The highest BCUT2D eigenvalue weighted by Crippen LogP contribution is 2.27. The molecule has 1 N–H and O–H groups in total. The Kier molecular flexibility index (Phi) is 6.36. The molecule has 0 unspecified atom stereocenters. The molecule has 23 heavy (non-hydrogen) atoms. The Hall–Kier alpha value is -1.22. The van der Waals surface area contributed by atoms with Crippen molar-refractivity contribution < 1.29 is 43.2 Å². The average Bonchev–Trinajstić information content (AvgIpc) is 2.73. The van der Waals surface area contributed by atoms with E-state index in [-0.39, 0.29) is 5.66 Å². The van der Waals surface area contributed by atoms with Gasteiger partial charge < -0.3 is 0 Å². The van der Waals surface area contributed by atoms with Crippen molar-refractivity contribution in [3.8, 4) is 0 Å². The first-order valence-corrected chi connectivity index (χ1v) is 8.44. The van der Waals surface area contributed by atoms with Crippen molar-refractivity contribution in [2.24, 2.45) is 9.98 Å². The zero-order valence-electron chi connectivity index (χ0n) is 11.5. The van der Waals surface area contributed by atoms with Crippen LogP contribution in [-0.4, -0.2) is 45.9 Å². The number of hydrogen-bond donors (Lipinski definition) is 1. The van der Waals surface area contributed by atoms with Crippen molar-refractivity contribution in [2.45, 2.75) is 36.9 Å². The lowest BCUT2D eigenvalue weighted by atomic mass is 10.2. The monoisotopic (exact) mass is 391 g/mol. The number of nitrogens with one attached hydrogen (secondary N) is 1. The lowest BCUT2D eigenvalue weighted by Crippen LogP contribution is -2.45. The van der Waals surface area contributed by atoms with Crippen LogP contribution in [0.4, 0.5) is 26.3 Å². The van der Waals surface area contributed by atoms with E-state index in [4.69, 9.17) is 0 Å². The van der Waals surface area contributed by atoms with Gasteiger partial charge in [0.2, 0.25) is 0 Å². The van der Waals surface area contributed by atoms with E-state index in [1.807, 2.05) is 6.92 Å². The van der Waals surface area contributed by atoms with E-state index >= 15 is 0 Å². The minimum atomic E-state index is -6.60. The maximum atomic E-state index is 11.5. The van der Waals surface area contributed by atoms with Gasteiger partial charge in [-0.2, -0.15) is 26.3 Å². The molecule has 7 nitrogen and oxygen atoms in total. The molecule has 0 amide bonds. The zero-order valence-corrected chi connectivity index (χ0v) is 13.1. The van der Waals surface area contributed by atoms with Crippen LogP contribution in [0.5, 0.6) is 0 Å². The van der Waals surface area contributed by atoms with E-state index in [2.05, 4.69) is 16.9 Å². The van der Waals surface area contributed by atoms with Crippen molar-refractivity contribution >= 4 is 32.5 Å². The molecule has 1 rings (SSSR count). The molecule has 1 aliphatic heterocycles. The summed E-state index contributed by atoms with van der Waals surface area (Å²) in [5, 5.41) is 0. The fourth-order valence-electron chi connectivity index (χ4n) is 0.843. The van der Waals surface area contributed by atoms with E-state index in [1.165, 1.54) is 0 Å². The van der Waals surface area contributed by atoms with Gasteiger partial charge in [-0.15, -0.1) is 0 Å². The number of alkyl halides is 6. The largest absolute Gasteiger partial charge is 0.512 e. The normalized spacial score (nSPS) is 17.7. The zero-order chi connectivity index (χ0) is 18.7. The molecular formula is C8H11F6N3O4S2. The fraction of sp³-hybridized carbons (Fsp3) is 0.750. The maximum Gasteiger partial charge on any atom is 0.512 e. The first-order chi connectivity index (χ1) is 9.97. The second kappa shape index (κ2) is 6.72. The summed E-state index contributed by atoms with van der Waals surface area (Å²) in [6.45, 7) is 4.10. The highest BCUT2D eigenvalue weighted by Gasteiger charge is 2.55. The van der Waals surface area contributed by atoms with Crippen LogP contribution >= 0.6 is 0 Å². The SMILES string of the molecule is CCC1(C)N=CC=N1.O=S(=O)(NS(=O)(=O)C(F)(F)F)C(F)(F)F. The third-order valence-corrected chi connectivity index (χ3v) is 5.24. The predicted molar refractivity (Wildman–Crippen MR) is 68.8 cm³/mol. The highest BCUT2D eigenvalue weighted by atomic mass is 32.3. The summed E-state index contributed by atoms with van der Waals surface area (Å²) in [7, 11) is -13.2. The van der Waals surface area contributed by atoms with Gasteiger partial charge in [0.25, 0.3) is 0 Å². The van der Waals surface area contributed by atoms with Gasteiger partial charge in [0, 0.05) is 12.4 Å². The summed E-state index contributed by atoms with van der Waals surface area (Å²) in [5.74, 6) is 0. The van der Waals surface area contributed by atoms with Gasteiger partial charge in [-0.05, 0) is 13.3 Å². The van der Waals surface area contributed by atoms with E-state index in [9.17, 15) is 43.2 Å². The minimum Gasteiger partial charge on any atom is -0.262 e. The van der Waals surface area contributed by atoms with Gasteiger partial charge >= 0.3 is 31.1 Å². The number of aliphatic imine (C=N–C) groups is 2. The maximum absolute atomic E-state index is 11.5.